The van der Waals surface area contributed by atoms with Crippen LogP contribution in [0.4, 0.5) is 0 Å². The predicted octanol–water partition coefficient (Wildman–Crippen LogP) is 2.75. The Hall–Kier alpha value is -2.49. The maximum atomic E-state index is 12.1. The summed E-state index contributed by atoms with van der Waals surface area (Å²) in [5.41, 5.74) is 2.16. The van der Waals surface area contributed by atoms with Crippen LogP contribution < -0.4 is 14.8 Å². The van der Waals surface area contributed by atoms with Crippen LogP contribution in [0.15, 0.2) is 48.5 Å². The fraction of sp³-hybridized carbons (Fsp3) is 0.316. The maximum absolute atomic E-state index is 12.1. The van der Waals surface area contributed by atoms with E-state index >= 15 is 0 Å². The first-order valence-corrected chi connectivity index (χ1v) is 8.00. The zero-order chi connectivity index (χ0) is 15.9. The molecular weight excluding hydrogens is 290 g/mol. The average Bonchev–Trinajstić information content (AvgIpc) is 2.81. The average molecular weight is 311 g/mol. The van der Waals surface area contributed by atoms with Gasteiger partial charge in [-0.05, 0) is 29.7 Å². The van der Waals surface area contributed by atoms with Gasteiger partial charge in [-0.3, -0.25) is 4.79 Å². The molecule has 0 saturated heterocycles. The minimum absolute atomic E-state index is 0.0235. The molecule has 2 aromatic carbocycles. The Labute approximate surface area is 136 Å². The van der Waals surface area contributed by atoms with Gasteiger partial charge in [0.15, 0.2) is 11.5 Å². The van der Waals surface area contributed by atoms with Crippen LogP contribution in [-0.2, 0) is 17.6 Å². The molecule has 0 atom stereocenters. The van der Waals surface area contributed by atoms with E-state index in [1.807, 2.05) is 36.4 Å². The smallest absolute Gasteiger partial charge is 0.224 e. The lowest BCUT2D eigenvalue weighted by Gasteiger charge is -2.10. The molecule has 0 bridgehead atoms. The van der Waals surface area contributed by atoms with Gasteiger partial charge in [0.25, 0.3) is 0 Å². The van der Waals surface area contributed by atoms with Crippen molar-refractivity contribution < 1.29 is 14.3 Å². The number of nitrogens with one attached hydrogen (secondary N) is 1. The van der Waals surface area contributed by atoms with E-state index < -0.39 is 0 Å². The minimum Gasteiger partial charge on any atom is -0.490 e. The lowest BCUT2D eigenvalue weighted by molar-refractivity contribution is -0.120. The summed E-state index contributed by atoms with van der Waals surface area (Å²) in [7, 11) is 0. The van der Waals surface area contributed by atoms with Crippen LogP contribution in [-0.4, -0.2) is 25.7 Å². The van der Waals surface area contributed by atoms with Crippen molar-refractivity contribution >= 4 is 5.91 Å². The molecule has 0 radical (unpaired) electrons. The summed E-state index contributed by atoms with van der Waals surface area (Å²) >= 11 is 0. The molecule has 1 aliphatic rings. The highest BCUT2D eigenvalue weighted by Gasteiger charge is 2.12. The molecule has 0 fully saturated rings. The minimum atomic E-state index is 0.0235. The van der Waals surface area contributed by atoms with Crippen molar-refractivity contribution in [2.24, 2.45) is 0 Å². The van der Waals surface area contributed by atoms with Gasteiger partial charge < -0.3 is 14.8 Å². The van der Waals surface area contributed by atoms with Crippen molar-refractivity contribution in [1.29, 1.82) is 0 Å². The maximum Gasteiger partial charge on any atom is 0.224 e. The molecule has 1 heterocycles. The number of carbonyl (C=O) groups is 1. The summed E-state index contributed by atoms with van der Waals surface area (Å²) in [5.74, 6) is 1.52. The van der Waals surface area contributed by atoms with Gasteiger partial charge in [0, 0.05) is 13.0 Å². The Morgan fingerprint density at radius 3 is 2.57 bits per heavy atom. The van der Waals surface area contributed by atoms with E-state index in [0.717, 1.165) is 29.9 Å². The fourth-order valence-electron chi connectivity index (χ4n) is 2.56. The summed E-state index contributed by atoms with van der Waals surface area (Å²) in [6.45, 7) is 1.97. The van der Waals surface area contributed by atoms with E-state index in [9.17, 15) is 4.79 Å². The second kappa shape index (κ2) is 7.68. The molecular formula is C19H21NO3. The fourth-order valence-corrected chi connectivity index (χ4v) is 2.56. The van der Waals surface area contributed by atoms with Crippen molar-refractivity contribution in [1.82, 2.24) is 5.32 Å². The van der Waals surface area contributed by atoms with Crippen LogP contribution in [0.2, 0.25) is 0 Å². The number of ether oxygens (including phenoxy) is 2. The van der Waals surface area contributed by atoms with Gasteiger partial charge in [-0.25, -0.2) is 0 Å². The number of hydrogen-bond donors (Lipinski definition) is 1. The van der Waals surface area contributed by atoms with Gasteiger partial charge in [0.05, 0.1) is 19.6 Å². The van der Waals surface area contributed by atoms with E-state index in [1.54, 1.807) is 0 Å². The molecule has 23 heavy (non-hydrogen) atoms. The SMILES string of the molecule is O=C(Cc1ccc2c(c1)OCCCO2)NCCc1ccccc1. The highest BCUT2D eigenvalue weighted by atomic mass is 16.5. The molecule has 4 heteroatoms. The molecule has 0 unspecified atom stereocenters. The van der Waals surface area contributed by atoms with E-state index in [1.165, 1.54) is 5.56 Å². The Bertz CT molecular complexity index is 655. The molecule has 120 valence electrons. The number of hydrogen-bond acceptors (Lipinski definition) is 3. The molecule has 3 rings (SSSR count). The first kappa shape index (κ1) is 15.4. The summed E-state index contributed by atoms with van der Waals surface area (Å²) in [6.07, 6.45) is 2.07. The Morgan fingerprint density at radius 1 is 0.957 bits per heavy atom. The van der Waals surface area contributed by atoms with Crippen LogP contribution in [0.25, 0.3) is 0 Å². The number of amides is 1. The van der Waals surface area contributed by atoms with E-state index in [0.29, 0.717) is 26.2 Å². The summed E-state index contributed by atoms with van der Waals surface area (Å²) in [5, 5.41) is 2.96. The van der Waals surface area contributed by atoms with Crippen LogP contribution in [0, 0.1) is 0 Å². The van der Waals surface area contributed by atoms with Gasteiger partial charge in [-0.15, -0.1) is 0 Å². The number of benzene rings is 2. The van der Waals surface area contributed by atoms with Crippen molar-refractivity contribution in [2.75, 3.05) is 19.8 Å². The third-order valence-electron chi connectivity index (χ3n) is 3.76. The Balaban J connectivity index is 1.50. The molecule has 1 N–H and O–H groups in total. The number of rotatable bonds is 5. The molecule has 2 aromatic rings. The van der Waals surface area contributed by atoms with Gasteiger partial charge in [0.1, 0.15) is 0 Å². The van der Waals surface area contributed by atoms with Crippen molar-refractivity contribution in [3.63, 3.8) is 0 Å². The molecule has 1 amide bonds. The molecule has 1 aliphatic heterocycles. The number of fused-ring (bicyclic) bond motifs is 1. The second-order valence-corrected chi connectivity index (χ2v) is 5.59. The highest BCUT2D eigenvalue weighted by Crippen LogP contribution is 2.30. The Morgan fingerprint density at radius 2 is 1.74 bits per heavy atom. The van der Waals surface area contributed by atoms with Crippen molar-refractivity contribution in [2.45, 2.75) is 19.3 Å². The molecule has 4 nitrogen and oxygen atoms in total. The standard InChI is InChI=1S/C19H21NO3/c21-19(20-10-9-15-5-2-1-3-6-15)14-16-7-8-17-18(13-16)23-12-4-11-22-17/h1-3,5-8,13H,4,9-12,14H2,(H,20,21). The first-order chi connectivity index (χ1) is 11.3. The lowest BCUT2D eigenvalue weighted by Crippen LogP contribution is -2.27. The third-order valence-corrected chi connectivity index (χ3v) is 3.76. The second-order valence-electron chi connectivity index (χ2n) is 5.59. The zero-order valence-corrected chi connectivity index (χ0v) is 13.1. The quantitative estimate of drug-likeness (QED) is 0.923. The van der Waals surface area contributed by atoms with Gasteiger partial charge in [-0.2, -0.15) is 0 Å². The van der Waals surface area contributed by atoms with E-state index in [4.69, 9.17) is 9.47 Å². The highest BCUT2D eigenvalue weighted by molar-refractivity contribution is 5.78. The molecule has 0 aromatic heterocycles. The van der Waals surface area contributed by atoms with E-state index in [2.05, 4.69) is 17.4 Å². The van der Waals surface area contributed by atoms with Gasteiger partial charge in [0.2, 0.25) is 5.91 Å². The molecule has 0 spiro atoms. The van der Waals surface area contributed by atoms with Crippen molar-refractivity contribution in [3.8, 4) is 11.5 Å². The largest absolute Gasteiger partial charge is 0.490 e. The van der Waals surface area contributed by atoms with Crippen LogP contribution >= 0.6 is 0 Å². The Kier molecular flexibility index (Phi) is 5.14. The van der Waals surface area contributed by atoms with Crippen LogP contribution in [0.5, 0.6) is 11.5 Å². The topological polar surface area (TPSA) is 47.6 Å². The molecule has 0 aliphatic carbocycles. The normalized spacial score (nSPS) is 13.2. The van der Waals surface area contributed by atoms with Crippen LogP contribution in [0.1, 0.15) is 17.5 Å². The third kappa shape index (κ3) is 4.49. The van der Waals surface area contributed by atoms with E-state index in [-0.39, 0.29) is 5.91 Å². The lowest BCUT2D eigenvalue weighted by atomic mass is 10.1. The van der Waals surface area contributed by atoms with Crippen molar-refractivity contribution in [3.05, 3.63) is 59.7 Å². The summed E-state index contributed by atoms with van der Waals surface area (Å²) in [6, 6.07) is 15.8. The summed E-state index contributed by atoms with van der Waals surface area (Å²) < 4.78 is 11.2. The summed E-state index contributed by atoms with van der Waals surface area (Å²) in [4.78, 5) is 12.1. The molecule has 0 saturated carbocycles. The number of carbonyl (C=O) groups excluding carboxylic acids is 1. The first-order valence-electron chi connectivity index (χ1n) is 8.00. The van der Waals surface area contributed by atoms with Gasteiger partial charge in [-0.1, -0.05) is 36.4 Å². The predicted molar refractivity (Wildman–Crippen MR) is 88.9 cm³/mol. The van der Waals surface area contributed by atoms with Gasteiger partial charge >= 0.3 is 0 Å². The van der Waals surface area contributed by atoms with Crippen LogP contribution in [0.3, 0.4) is 0 Å². The monoisotopic (exact) mass is 311 g/mol. The zero-order valence-electron chi connectivity index (χ0n) is 13.1.